The molecule has 2 aliphatic heterocycles. The third kappa shape index (κ3) is 15.2. The number of aliphatic hydroxyl groups excluding tert-OH is 1. The molecular weight excluding hydrogens is 1000 g/mol. The minimum Gasteiger partial charge on any atom is -0.504 e. The maximum Gasteiger partial charge on any atom is 0.408 e. The van der Waals surface area contributed by atoms with Gasteiger partial charge in [-0.2, -0.15) is 0 Å². The number of nitrogens with one attached hydrogen (secondary N) is 4. The van der Waals surface area contributed by atoms with Crippen LogP contribution in [-0.4, -0.2) is 121 Å². The lowest BCUT2D eigenvalue weighted by atomic mass is 9.90. The Balaban J connectivity index is 1.55. The molecule has 22 nitrogen and oxygen atoms in total. The van der Waals surface area contributed by atoms with Crippen LogP contribution >= 0.6 is 0 Å². The third-order valence-corrected chi connectivity index (χ3v) is 11.7. The first-order valence-corrected chi connectivity index (χ1v) is 24.0. The van der Waals surface area contributed by atoms with Crippen molar-refractivity contribution in [3.05, 3.63) is 125 Å². The van der Waals surface area contributed by atoms with E-state index in [1.807, 2.05) is 18.2 Å². The number of carbonyl (C=O) groups is 5. The second-order valence-corrected chi connectivity index (χ2v) is 18.1. The standard InChI is InChI=1S/C55H64N4O18/c1-55(2,3)77-54(66)59-46-34-24-40(60)49(71-8)43(25-34)76-35-18-15-32(16-19-35)48(61)47(52(64)72-9)58-50(62)45(57-51(46)63)33-17-20-41(69-6)38(23-33)44-37(26-36(68-5)27-42(44)70-7)39(29-74-30-73-22-21-67-4)56-53(65)75-28-31-13-11-10-12-14-31/h10-20,23-27,39,45-48,60-61H,21-22,28-30H2,1-9H3,(H,56,65)(H,57,63)(H,58,62)(H,59,66)/t39-,45-,46-,47+,48-/m1/s1. The Morgan fingerprint density at radius 2 is 1.45 bits per heavy atom. The average molecular weight is 1070 g/mol. The van der Waals surface area contributed by atoms with Gasteiger partial charge in [0.2, 0.25) is 17.6 Å². The molecular formula is C55H64N4O18. The van der Waals surface area contributed by atoms with Crippen molar-refractivity contribution >= 4 is 30.0 Å². The third-order valence-electron chi connectivity index (χ3n) is 11.7. The summed E-state index contributed by atoms with van der Waals surface area (Å²) >= 11 is 0. The van der Waals surface area contributed by atoms with Crippen molar-refractivity contribution in [1.82, 2.24) is 21.3 Å². The molecule has 412 valence electrons. The van der Waals surface area contributed by atoms with E-state index in [-0.39, 0.29) is 83.2 Å². The van der Waals surface area contributed by atoms with Crippen LogP contribution in [0.2, 0.25) is 0 Å². The van der Waals surface area contributed by atoms with Crippen molar-refractivity contribution in [3.8, 4) is 51.4 Å². The Labute approximate surface area is 445 Å². The molecule has 0 aromatic heterocycles. The Kier molecular flexibility index (Phi) is 20.3. The van der Waals surface area contributed by atoms with Crippen LogP contribution in [0.5, 0.6) is 40.2 Å². The van der Waals surface area contributed by atoms with Crippen molar-refractivity contribution < 1.29 is 86.3 Å². The highest BCUT2D eigenvalue weighted by molar-refractivity contribution is 5.95. The fourth-order valence-corrected chi connectivity index (χ4v) is 8.09. The van der Waals surface area contributed by atoms with Gasteiger partial charge in [-0.25, -0.2) is 14.4 Å². The van der Waals surface area contributed by atoms with Gasteiger partial charge in [0.15, 0.2) is 17.5 Å². The fraction of sp³-hybridized carbons (Fsp3) is 0.364. The molecule has 0 fully saturated rings. The Morgan fingerprint density at radius 3 is 2.10 bits per heavy atom. The molecule has 6 N–H and O–H groups in total. The van der Waals surface area contributed by atoms with Gasteiger partial charge < -0.3 is 83.6 Å². The molecule has 0 spiro atoms. The predicted molar refractivity (Wildman–Crippen MR) is 276 cm³/mol. The van der Waals surface area contributed by atoms with Gasteiger partial charge in [0.25, 0.3) is 0 Å². The monoisotopic (exact) mass is 1070 g/mol. The number of aliphatic hydroxyl groups is 1. The topological polar surface area (TPSA) is 275 Å². The smallest absolute Gasteiger partial charge is 0.408 e. The number of carbonyl (C=O) groups excluding carboxylic acids is 5. The highest BCUT2D eigenvalue weighted by atomic mass is 16.7. The van der Waals surface area contributed by atoms with Gasteiger partial charge in [0.05, 0.1) is 61.4 Å². The number of esters is 1. The average Bonchev–Trinajstić information content (AvgIpc) is 3.42. The lowest BCUT2D eigenvalue weighted by Gasteiger charge is -2.29. The number of phenolic OH excluding ortho intramolecular Hbond substituents is 1. The predicted octanol–water partition coefficient (Wildman–Crippen LogP) is 6.62. The maximum absolute atomic E-state index is 15.1. The van der Waals surface area contributed by atoms with Gasteiger partial charge in [-0.05, 0) is 91.1 Å². The molecule has 0 unspecified atom stereocenters. The van der Waals surface area contributed by atoms with E-state index >= 15 is 9.59 Å². The number of methoxy groups -OCH3 is 6. The van der Waals surface area contributed by atoms with Crippen molar-refractivity contribution in [2.45, 2.75) is 63.3 Å². The van der Waals surface area contributed by atoms with E-state index in [4.69, 9.17) is 52.1 Å². The molecule has 4 amide bonds. The summed E-state index contributed by atoms with van der Waals surface area (Å²) in [7, 11) is 8.12. The number of amides is 4. The molecule has 0 saturated heterocycles. The highest BCUT2D eigenvalue weighted by Crippen LogP contribution is 2.46. The van der Waals surface area contributed by atoms with Gasteiger partial charge in [-0.3, -0.25) is 9.59 Å². The number of alkyl carbamates (subject to hydrolysis) is 2. The van der Waals surface area contributed by atoms with Crippen LogP contribution in [0.25, 0.3) is 11.1 Å². The van der Waals surface area contributed by atoms with E-state index < -0.39 is 71.6 Å². The first-order chi connectivity index (χ1) is 36.9. The summed E-state index contributed by atoms with van der Waals surface area (Å²) in [5.74, 6) is -3.02. The number of hydrogen-bond donors (Lipinski definition) is 6. The zero-order chi connectivity index (χ0) is 55.8. The molecule has 0 saturated carbocycles. The van der Waals surface area contributed by atoms with E-state index in [0.717, 1.165) is 12.7 Å². The van der Waals surface area contributed by atoms with Crippen LogP contribution in [0.3, 0.4) is 0 Å². The van der Waals surface area contributed by atoms with Crippen LogP contribution in [-0.2, 0) is 49.4 Å². The largest absolute Gasteiger partial charge is 0.504 e. The fourth-order valence-electron chi connectivity index (χ4n) is 8.09. The van der Waals surface area contributed by atoms with E-state index in [1.54, 1.807) is 45.0 Å². The lowest BCUT2D eigenvalue weighted by Crippen LogP contribution is -2.51. The zero-order valence-corrected chi connectivity index (χ0v) is 44.1. The van der Waals surface area contributed by atoms with E-state index in [1.165, 1.54) is 90.1 Å². The van der Waals surface area contributed by atoms with Gasteiger partial charge >= 0.3 is 18.2 Å². The van der Waals surface area contributed by atoms with Crippen LogP contribution in [0, 0.1) is 0 Å². The molecule has 5 atom stereocenters. The molecule has 22 heteroatoms. The molecule has 4 bridgehead atoms. The van der Waals surface area contributed by atoms with Gasteiger partial charge in [0, 0.05) is 24.3 Å². The lowest BCUT2D eigenvalue weighted by molar-refractivity contribution is -0.149. The van der Waals surface area contributed by atoms with Gasteiger partial charge in [0.1, 0.15) is 60.2 Å². The first-order valence-electron chi connectivity index (χ1n) is 24.0. The highest BCUT2D eigenvalue weighted by Gasteiger charge is 2.38. The van der Waals surface area contributed by atoms with Gasteiger partial charge in [-0.15, -0.1) is 0 Å². The van der Waals surface area contributed by atoms with E-state index in [2.05, 4.69) is 21.3 Å². The summed E-state index contributed by atoms with van der Waals surface area (Å²) in [6.07, 6.45) is -3.61. The van der Waals surface area contributed by atoms with Crippen molar-refractivity contribution in [1.29, 1.82) is 0 Å². The SMILES string of the molecule is COCCOCOC[C@@H](NC(=O)OCc1ccccc1)c1cc(OC)cc(OC)c1-c1cc([C@H]2NC(=O)[C@H](NC(=O)OC(C)(C)C)c3cc(O)c(OC)c(c3)Oc3ccc(cc3)[C@@H](O)[C@@H](C(=O)OC)NC2=O)ccc1OC. The van der Waals surface area contributed by atoms with Crippen LogP contribution in [0.1, 0.15) is 72.8 Å². The summed E-state index contributed by atoms with van der Waals surface area (Å²) in [6, 6.07) is 18.6. The summed E-state index contributed by atoms with van der Waals surface area (Å²) in [5.41, 5.74) is 0.644. The number of fused-ring (bicyclic) bond motifs is 9. The number of rotatable bonds is 19. The summed E-state index contributed by atoms with van der Waals surface area (Å²) in [4.78, 5) is 71.0. The van der Waals surface area contributed by atoms with Crippen molar-refractivity contribution in [2.75, 3.05) is 69.3 Å². The maximum atomic E-state index is 15.1. The molecule has 5 aromatic carbocycles. The molecule has 0 aliphatic carbocycles. The van der Waals surface area contributed by atoms with Crippen molar-refractivity contribution in [2.24, 2.45) is 0 Å². The number of ether oxygens (including phenoxy) is 11. The Hall–Kier alpha value is -8.31. The number of aromatic hydroxyl groups is 1. The van der Waals surface area contributed by atoms with Crippen molar-refractivity contribution in [3.63, 3.8) is 0 Å². The first kappa shape index (κ1) is 58.0. The minimum absolute atomic E-state index is 0.0336. The Morgan fingerprint density at radius 1 is 0.740 bits per heavy atom. The van der Waals surface area contributed by atoms with Crippen LogP contribution in [0.4, 0.5) is 9.59 Å². The summed E-state index contributed by atoms with van der Waals surface area (Å²) in [5, 5.41) is 33.8. The molecule has 2 heterocycles. The van der Waals surface area contributed by atoms with Crippen LogP contribution in [0.15, 0.2) is 97.1 Å². The normalized spacial score (nSPS) is 16.9. The number of hydrogen-bond acceptors (Lipinski definition) is 18. The molecule has 7 rings (SSSR count). The quantitative estimate of drug-likeness (QED) is 0.0219. The molecule has 77 heavy (non-hydrogen) atoms. The molecule has 2 aliphatic rings. The van der Waals surface area contributed by atoms with Gasteiger partial charge in [-0.1, -0.05) is 48.5 Å². The second-order valence-electron chi connectivity index (χ2n) is 18.1. The number of benzene rings is 5. The number of phenols is 1. The molecule has 5 aromatic rings. The Bertz CT molecular complexity index is 2840. The summed E-state index contributed by atoms with van der Waals surface area (Å²) < 4.78 is 62.1. The minimum atomic E-state index is -1.80. The van der Waals surface area contributed by atoms with E-state index in [0.29, 0.717) is 17.9 Å². The zero-order valence-electron chi connectivity index (χ0n) is 44.1. The van der Waals surface area contributed by atoms with Crippen LogP contribution < -0.4 is 45.0 Å². The van der Waals surface area contributed by atoms with E-state index in [9.17, 15) is 24.6 Å². The molecule has 0 radical (unpaired) electrons. The second kappa shape index (κ2) is 27.0. The summed E-state index contributed by atoms with van der Waals surface area (Å²) in [6.45, 7) is 4.87.